The Bertz CT molecular complexity index is 816. The van der Waals surface area contributed by atoms with Crippen LogP contribution < -0.4 is 11.2 Å². The van der Waals surface area contributed by atoms with Crippen LogP contribution in [0.5, 0.6) is 0 Å². The maximum Gasteiger partial charge on any atom is 0.354 e. The van der Waals surface area contributed by atoms with Crippen molar-refractivity contribution in [1.29, 1.82) is 0 Å². The van der Waals surface area contributed by atoms with Crippen LogP contribution in [0.3, 0.4) is 0 Å². The van der Waals surface area contributed by atoms with Crippen molar-refractivity contribution in [3.8, 4) is 0 Å². The van der Waals surface area contributed by atoms with Gasteiger partial charge >= 0.3 is 16.9 Å². The SMILES string of the molecule is O=c1[nH]c([C@H](Br)[C@@H](Br)c2ccc(Br)cc2)c([N+](=O)[O-])c(=O)[nH]1. The number of hydrogen-bond acceptors (Lipinski definition) is 4. The third-order valence-electron chi connectivity index (χ3n) is 2.85. The van der Waals surface area contributed by atoms with E-state index < -0.39 is 31.5 Å². The van der Waals surface area contributed by atoms with E-state index in [1.807, 2.05) is 29.2 Å². The van der Waals surface area contributed by atoms with Gasteiger partial charge in [0.1, 0.15) is 5.69 Å². The number of nitrogens with zero attached hydrogens (tertiary/aromatic N) is 1. The molecule has 22 heavy (non-hydrogen) atoms. The van der Waals surface area contributed by atoms with Crippen molar-refractivity contribution in [2.24, 2.45) is 0 Å². The summed E-state index contributed by atoms with van der Waals surface area (Å²) < 4.78 is 0.887. The van der Waals surface area contributed by atoms with Crippen molar-refractivity contribution in [2.45, 2.75) is 9.65 Å². The summed E-state index contributed by atoms with van der Waals surface area (Å²) in [6, 6.07) is 7.26. The van der Waals surface area contributed by atoms with Crippen LogP contribution in [0.25, 0.3) is 0 Å². The molecule has 2 rings (SSSR count). The number of H-pyrrole nitrogens is 2. The van der Waals surface area contributed by atoms with E-state index in [0.717, 1.165) is 10.0 Å². The topological polar surface area (TPSA) is 109 Å². The molecule has 0 saturated heterocycles. The van der Waals surface area contributed by atoms with E-state index in [-0.39, 0.29) is 5.69 Å². The summed E-state index contributed by atoms with van der Waals surface area (Å²) >= 11 is 10.1. The Morgan fingerprint density at radius 1 is 1.05 bits per heavy atom. The summed E-state index contributed by atoms with van der Waals surface area (Å²) in [5.74, 6) is 0. The normalized spacial score (nSPS) is 13.6. The van der Waals surface area contributed by atoms with E-state index in [1.54, 1.807) is 0 Å². The Kier molecular flexibility index (Phi) is 5.35. The number of rotatable bonds is 4. The molecule has 0 saturated carbocycles. The minimum atomic E-state index is -1.04. The maximum atomic E-state index is 11.7. The van der Waals surface area contributed by atoms with Gasteiger partial charge in [-0.25, -0.2) is 4.79 Å². The Morgan fingerprint density at radius 2 is 1.64 bits per heavy atom. The number of alkyl halides is 2. The van der Waals surface area contributed by atoms with Crippen LogP contribution in [0.15, 0.2) is 38.3 Å². The Morgan fingerprint density at radius 3 is 2.18 bits per heavy atom. The number of benzene rings is 1. The summed E-state index contributed by atoms with van der Waals surface area (Å²) in [6.45, 7) is 0. The fraction of sp³-hybridized carbons (Fsp3) is 0.167. The smallest absolute Gasteiger partial charge is 0.304 e. The number of hydrogen-bond donors (Lipinski definition) is 2. The van der Waals surface area contributed by atoms with E-state index in [1.165, 1.54) is 0 Å². The second-order valence-electron chi connectivity index (χ2n) is 4.28. The number of aromatic amines is 2. The van der Waals surface area contributed by atoms with Gasteiger partial charge < -0.3 is 4.98 Å². The van der Waals surface area contributed by atoms with Gasteiger partial charge in [0.25, 0.3) is 0 Å². The molecule has 0 bridgehead atoms. The molecule has 0 amide bonds. The zero-order chi connectivity index (χ0) is 16.4. The van der Waals surface area contributed by atoms with Crippen LogP contribution in [0.4, 0.5) is 5.69 Å². The minimum Gasteiger partial charge on any atom is -0.304 e. The summed E-state index contributed by atoms with van der Waals surface area (Å²) in [6.07, 6.45) is 0. The van der Waals surface area contributed by atoms with E-state index in [2.05, 4.69) is 52.8 Å². The molecule has 2 N–H and O–H groups in total. The Labute approximate surface area is 148 Å². The van der Waals surface area contributed by atoms with Crippen molar-refractivity contribution >= 4 is 53.5 Å². The van der Waals surface area contributed by atoms with Crippen LogP contribution in [0.1, 0.15) is 20.9 Å². The molecule has 7 nitrogen and oxygen atoms in total. The molecule has 10 heteroatoms. The van der Waals surface area contributed by atoms with E-state index in [0.29, 0.717) is 0 Å². The molecule has 1 aromatic heterocycles. The van der Waals surface area contributed by atoms with Crippen LogP contribution in [-0.2, 0) is 0 Å². The number of aromatic nitrogens is 2. The van der Waals surface area contributed by atoms with Crippen molar-refractivity contribution in [3.05, 3.63) is 70.9 Å². The van der Waals surface area contributed by atoms with Crippen LogP contribution in [-0.4, -0.2) is 14.9 Å². The lowest BCUT2D eigenvalue weighted by atomic mass is 10.1. The molecule has 2 aromatic rings. The van der Waals surface area contributed by atoms with Gasteiger partial charge in [0, 0.05) is 4.47 Å². The van der Waals surface area contributed by atoms with Crippen molar-refractivity contribution < 1.29 is 4.92 Å². The van der Waals surface area contributed by atoms with Gasteiger partial charge in [-0.15, -0.1) is 0 Å². The third-order valence-corrected chi connectivity index (χ3v) is 6.13. The molecule has 116 valence electrons. The fourth-order valence-corrected chi connectivity index (χ4v) is 3.31. The van der Waals surface area contributed by atoms with Crippen LogP contribution in [0, 0.1) is 10.1 Å². The lowest BCUT2D eigenvalue weighted by Gasteiger charge is -2.17. The number of halogens is 3. The van der Waals surface area contributed by atoms with E-state index in [9.17, 15) is 19.7 Å². The average molecular weight is 498 g/mol. The lowest BCUT2D eigenvalue weighted by molar-refractivity contribution is -0.387. The first-order chi connectivity index (χ1) is 10.3. The first-order valence-electron chi connectivity index (χ1n) is 5.85. The highest BCUT2D eigenvalue weighted by molar-refractivity contribution is 9.12. The fourth-order valence-electron chi connectivity index (χ4n) is 1.84. The van der Waals surface area contributed by atoms with Gasteiger partial charge in [-0.05, 0) is 17.7 Å². The molecule has 2 atom stereocenters. The van der Waals surface area contributed by atoms with Crippen molar-refractivity contribution in [2.75, 3.05) is 0 Å². The highest BCUT2D eigenvalue weighted by Crippen LogP contribution is 2.43. The molecule has 0 aliphatic carbocycles. The van der Waals surface area contributed by atoms with Gasteiger partial charge in [-0.3, -0.25) is 19.9 Å². The highest BCUT2D eigenvalue weighted by atomic mass is 79.9. The van der Waals surface area contributed by atoms with Gasteiger partial charge in [-0.2, -0.15) is 0 Å². The molecule has 0 aliphatic heterocycles. The van der Waals surface area contributed by atoms with Gasteiger partial charge in [-0.1, -0.05) is 59.9 Å². The monoisotopic (exact) mass is 495 g/mol. The second-order valence-corrected chi connectivity index (χ2v) is 7.17. The van der Waals surface area contributed by atoms with Gasteiger partial charge in [0.05, 0.1) is 14.6 Å². The zero-order valence-electron chi connectivity index (χ0n) is 10.7. The first kappa shape index (κ1) is 17.1. The summed E-state index contributed by atoms with van der Waals surface area (Å²) in [5.41, 5.74) is -1.80. The summed E-state index contributed by atoms with van der Waals surface area (Å²) in [5, 5.41) is 11.1. The van der Waals surface area contributed by atoms with Gasteiger partial charge in [0.2, 0.25) is 0 Å². The van der Waals surface area contributed by atoms with Crippen LogP contribution in [0.2, 0.25) is 0 Å². The molecule has 0 spiro atoms. The van der Waals surface area contributed by atoms with Crippen molar-refractivity contribution in [1.82, 2.24) is 9.97 Å². The molecule has 0 fully saturated rings. The lowest BCUT2D eigenvalue weighted by Crippen LogP contribution is -2.27. The van der Waals surface area contributed by atoms with E-state index >= 15 is 0 Å². The molecular weight excluding hydrogens is 490 g/mol. The van der Waals surface area contributed by atoms with E-state index in [4.69, 9.17) is 0 Å². The van der Waals surface area contributed by atoms with Crippen molar-refractivity contribution in [3.63, 3.8) is 0 Å². The number of nitrogens with one attached hydrogen (secondary N) is 2. The molecule has 1 heterocycles. The Hall–Kier alpha value is -1.26. The highest BCUT2D eigenvalue weighted by Gasteiger charge is 2.30. The first-order valence-corrected chi connectivity index (χ1v) is 8.48. The zero-order valence-corrected chi connectivity index (χ0v) is 15.4. The molecule has 0 aliphatic rings. The Balaban J connectivity index is 2.51. The molecular formula is C12H8Br3N3O4. The molecule has 0 radical (unpaired) electrons. The molecule has 0 unspecified atom stereocenters. The summed E-state index contributed by atoms with van der Waals surface area (Å²) in [7, 11) is 0. The maximum absolute atomic E-state index is 11.7. The summed E-state index contributed by atoms with van der Waals surface area (Å²) in [4.78, 5) is 36.4. The average Bonchev–Trinajstić information content (AvgIpc) is 2.45. The number of nitro groups is 1. The van der Waals surface area contributed by atoms with Gasteiger partial charge in [0.15, 0.2) is 0 Å². The standard InChI is InChI=1S/C12H8Br3N3O4/c13-6-3-1-5(2-4-6)7(14)8(15)9-10(18(21)22)11(19)17-12(20)16-9/h1-4,7-8H,(H2,16,17,19,20)/t7-,8+/m0/s1. The predicted molar refractivity (Wildman–Crippen MR) is 91.8 cm³/mol. The quantitative estimate of drug-likeness (QED) is 0.383. The molecule has 1 aromatic carbocycles. The largest absolute Gasteiger partial charge is 0.354 e. The van der Waals surface area contributed by atoms with Crippen LogP contribution >= 0.6 is 47.8 Å². The third kappa shape index (κ3) is 3.55. The predicted octanol–water partition coefficient (Wildman–Crippen LogP) is 3.31. The second kappa shape index (κ2) is 6.88. The minimum absolute atomic E-state index is 0.0939.